The van der Waals surface area contributed by atoms with Crippen LogP contribution in [0, 0.1) is 5.92 Å². The van der Waals surface area contributed by atoms with Gasteiger partial charge in [0.2, 0.25) is 0 Å². The Morgan fingerprint density at radius 3 is 2.00 bits per heavy atom. The summed E-state index contributed by atoms with van der Waals surface area (Å²) in [4.78, 5) is 9.70. The highest BCUT2D eigenvalue weighted by molar-refractivity contribution is 6.33. The fourth-order valence-electron chi connectivity index (χ4n) is 0.658. The third-order valence-electron chi connectivity index (χ3n) is 1.67. The van der Waals surface area contributed by atoms with Crippen molar-refractivity contribution in [3.05, 3.63) is 0 Å². The summed E-state index contributed by atoms with van der Waals surface area (Å²) in [5.74, 6) is -0.972. The van der Waals surface area contributed by atoms with Crippen molar-refractivity contribution in [1.82, 2.24) is 3.94 Å². The topological polar surface area (TPSA) is 40.5 Å². The fourth-order valence-corrected chi connectivity index (χ4v) is 0.897. The molecule has 0 rings (SSSR count). The van der Waals surface area contributed by atoms with E-state index in [4.69, 9.17) is 28.7 Å². The Morgan fingerprint density at radius 2 is 1.73 bits per heavy atom. The minimum absolute atomic E-state index is 0.231. The Hall–Kier alpha value is 0.01000. The van der Waals surface area contributed by atoms with Gasteiger partial charge < -0.3 is 5.11 Å². The molecule has 0 aromatic carbocycles. The molecule has 0 radical (unpaired) electrons. The lowest BCUT2D eigenvalue weighted by Gasteiger charge is -2.01. The van der Waals surface area contributed by atoms with E-state index in [2.05, 4.69) is 6.92 Å². The van der Waals surface area contributed by atoms with Gasteiger partial charge in [0, 0.05) is 6.54 Å². The van der Waals surface area contributed by atoms with Gasteiger partial charge in [-0.3, -0.25) is 4.79 Å². The smallest absolute Gasteiger partial charge is 0.305 e. The number of nitrogens with zero attached hydrogens (tertiary/aromatic N) is 1. The van der Waals surface area contributed by atoms with Crippen molar-refractivity contribution in [2.45, 2.75) is 46.5 Å². The monoisotopic (exact) mass is 257 g/mol. The van der Waals surface area contributed by atoms with Crippen LogP contribution in [0.5, 0.6) is 0 Å². The van der Waals surface area contributed by atoms with Gasteiger partial charge in [-0.15, -0.1) is 3.94 Å². The number of carbonyl (C=O) groups is 1. The molecule has 0 unspecified atom stereocenters. The van der Waals surface area contributed by atoms with Crippen molar-refractivity contribution in [1.29, 1.82) is 0 Å². The van der Waals surface area contributed by atoms with Crippen LogP contribution in [-0.4, -0.2) is 21.6 Å². The van der Waals surface area contributed by atoms with E-state index < -0.39 is 5.97 Å². The van der Waals surface area contributed by atoms with Crippen molar-refractivity contribution in [3.8, 4) is 0 Å². The molecule has 0 heterocycles. The number of carboxylic acid groups (broad SMARTS) is 1. The number of halogens is 2. The Bertz CT molecular complexity index is 152. The van der Waals surface area contributed by atoms with Gasteiger partial charge in [-0.2, -0.15) is 0 Å². The molecule has 15 heavy (non-hydrogen) atoms. The van der Waals surface area contributed by atoms with Crippen molar-refractivity contribution in [3.63, 3.8) is 0 Å². The minimum atomic E-state index is -0.741. The van der Waals surface area contributed by atoms with Crippen LogP contribution < -0.4 is 0 Å². The summed E-state index contributed by atoms with van der Waals surface area (Å²) in [6, 6.07) is 0. The summed E-state index contributed by atoms with van der Waals surface area (Å²) in [5, 5.41) is 7.99. The lowest BCUT2D eigenvalue weighted by molar-refractivity contribution is -0.140. The van der Waals surface area contributed by atoms with E-state index in [0.717, 1.165) is 13.0 Å². The first-order chi connectivity index (χ1) is 6.91. The number of unbranched alkanes of at least 4 members (excludes halogenated alkanes) is 3. The van der Waals surface area contributed by atoms with Gasteiger partial charge in [0.05, 0.1) is 5.92 Å². The zero-order chi connectivity index (χ0) is 12.3. The number of carboxylic acids is 1. The van der Waals surface area contributed by atoms with Crippen LogP contribution in [0.4, 0.5) is 0 Å². The van der Waals surface area contributed by atoms with Crippen LogP contribution in [0.25, 0.3) is 0 Å². The van der Waals surface area contributed by atoms with Crippen LogP contribution in [0.2, 0.25) is 0 Å². The Labute approximate surface area is 103 Å². The molecule has 0 amide bonds. The van der Waals surface area contributed by atoms with E-state index in [0.29, 0.717) is 0 Å². The third kappa shape index (κ3) is 20.2. The molecular formula is C10H21Cl2NO2. The summed E-state index contributed by atoms with van der Waals surface area (Å²) in [7, 11) is 0. The molecule has 5 heteroatoms. The average Bonchev–Trinajstić information content (AvgIpc) is 2.13. The molecule has 0 aromatic rings. The molecule has 0 aliphatic carbocycles. The lowest BCUT2D eigenvalue weighted by Crippen LogP contribution is -2.03. The number of rotatable bonds is 6. The molecule has 0 bridgehead atoms. The van der Waals surface area contributed by atoms with Gasteiger partial charge in [0.1, 0.15) is 0 Å². The van der Waals surface area contributed by atoms with E-state index in [1.54, 1.807) is 13.8 Å². The van der Waals surface area contributed by atoms with E-state index >= 15 is 0 Å². The van der Waals surface area contributed by atoms with E-state index in [9.17, 15) is 4.79 Å². The van der Waals surface area contributed by atoms with Gasteiger partial charge in [-0.05, 0) is 30.0 Å². The minimum Gasteiger partial charge on any atom is -0.481 e. The van der Waals surface area contributed by atoms with Crippen LogP contribution in [0.15, 0.2) is 0 Å². The molecule has 0 aliphatic heterocycles. The standard InChI is InChI=1S/C6H13Cl2N.C4H8O2/c1-2-3-4-5-6-9(7)8;1-3(2)4(5)6/h2-6H2,1H3;3H,1-2H3,(H,5,6). The quantitative estimate of drug-likeness (QED) is 0.580. The number of aliphatic carboxylic acids is 1. The van der Waals surface area contributed by atoms with Crippen molar-refractivity contribution < 1.29 is 9.90 Å². The van der Waals surface area contributed by atoms with E-state index in [1.807, 2.05) is 0 Å². The van der Waals surface area contributed by atoms with Crippen LogP contribution >= 0.6 is 23.6 Å². The van der Waals surface area contributed by atoms with Gasteiger partial charge in [-0.25, -0.2) is 0 Å². The zero-order valence-electron chi connectivity index (χ0n) is 9.67. The molecule has 0 saturated heterocycles. The maximum Gasteiger partial charge on any atom is 0.305 e. The summed E-state index contributed by atoms with van der Waals surface area (Å²) in [6.07, 6.45) is 4.86. The van der Waals surface area contributed by atoms with Gasteiger partial charge in [0.25, 0.3) is 0 Å². The number of hydrogen-bond acceptors (Lipinski definition) is 2. The largest absolute Gasteiger partial charge is 0.481 e. The van der Waals surface area contributed by atoms with Crippen LogP contribution in [0.3, 0.4) is 0 Å². The summed E-state index contributed by atoms with van der Waals surface area (Å²) in [5.41, 5.74) is 0. The predicted octanol–water partition coefficient (Wildman–Crippen LogP) is 3.90. The second-order valence-electron chi connectivity index (χ2n) is 3.58. The zero-order valence-corrected chi connectivity index (χ0v) is 11.2. The molecule has 0 saturated carbocycles. The molecule has 3 nitrogen and oxygen atoms in total. The van der Waals surface area contributed by atoms with Crippen molar-refractivity contribution >= 4 is 29.5 Å². The molecule has 0 spiro atoms. The highest BCUT2D eigenvalue weighted by Crippen LogP contribution is 2.04. The fraction of sp³-hybridized carbons (Fsp3) is 0.900. The first-order valence-corrected chi connectivity index (χ1v) is 5.91. The summed E-state index contributed by atoms with van der Waals surface area (Å²) >= 11 is 10.7. The van der Waals surface area contributed by atoms with Gasteiger partial charge in [-0.1, -0.05) is 40.0 Å². The SMILES string of the molecule is CC(C)C(=O)O.CCCCCCN(Cl)Cl. The lowest BCUT2D eigenvalue weighted by atomic mass is 10.2. The first kappa shape index (κ1) is 17.4. The van der Waals surface area contributed by atoms with Gasteiger partial charge in [0.15, 0.2) is 0 Å². The first-order valence-electron chi connectivity index (χ1n) is 5.23. The highest BCUT2D eigenvalue weighted by Gasteiger charge is 1.99. The van der Waals surface area contributed by atoms with Crippen molar-refractivity contribution in [2.24, 2.45) is 5.92 Å². The van der Waals surface area contributed by atoms with Crippen molar-refractivity contribution in [2.75, 3.05) is 6.54 Å². The van der Waals surface area contributed by atoms with E-state index in [1.165, 1.54) is 23.2 Å². The predicted molar refractivity (Wildman–Crippen MR) is 65.0 cm³/mol. The normalized spacial score (nSPS) is 10.1. The van der Waals surface area contributed by atoms with Crippen LogP contribution in [-0.2, 0) is 4.79 Å². The van der Waals surface area contributed by atoms with Crippen LogP contribution in [0.1, 0.15) is 46.5 Å². The highest BCUT2D eigenvalue weighted by atomic mass is 35.5. The van der Waals surface area contributed by atoms with Gasteiger partial charge >= 0.3 is 5.97 Å². The molecule has 0 atom stereocenters. The maximum atomic E-state index is 9.70. The summed E-state index contributed by atoms with van der Waals surface area (Å²) in [6.45, 7) is 6.24. The third-order valence-corrected chi connectivity index (χ3v) is 2.01. The Morgan fingerprint density at radius 1 is 1.27 bits per heavy atom. The average molecular weight is 258 g/mol. The second kappa shape index (κ2) is 12.1. The molecule has 0 fully saturated rings. The molecule has 92 valence electrons. The molecule has 0 aromatic heterocycles. The molecule has 0 aliphatic rings. The Balaban J connectivity index is 0. The van der Waals surface area contributed by atoms with E-state index in [-0.39, 0.29) is 5.92 Å². The maximum absolute atomic E-state index is 9.70. The molecule has 1 N–H and O–H groups in total. The Kier molecular flexibility index (Phi) is 14.0. The molecular weight excluding hydrogens is 237 g/mol. The number of hydrogen-bond donors (Lipinski definition) is 1. The summed E-state index contributed by atoms with van der Waals surface area (Å²) < 4.78 is 1.19. The second-order valence-corrected chi connectivity index (χ2v) is 4.57.